The Bertz CT molecular complexity index is 500. The van der Waals surface area contributed by atoms with Crippen LogP contribution >= 0.6 is 0 Å². The van der Waals surface area contributed by atoms with Crippen LogP contribution in [0.2, 0.25) is 0 Å². The summed E-state index contributed by atoms with van der Waals surface area (Å²) in [7, 11) is 1.57. The van der Waals surface area contributed by atoms with E-state index < -0.39 is 0 Å². The number of amides is 1. The van der Waals surface area contributed by atoms with E-state index in [2.05, 4.69) is 13.8 Å². The lowest BCUT2D eigenvalue weighted by molar-refractivity contribution is 0.0758. The number of hydrogen-bond donors (Lipinski definition) is 1. The fraction of sp³-hybridized carbons (Fsp3) is 0.588. The summed E-state index contributed by atoms with van der Waals surface area (Å²) in [4.78, 5) is 14.6. The van der Waals surface area contributed by atoms with Gasteiger partial charge in [0.05, 0.1) is 12.8 Å². The number of hydrogen-bond acceptors (Lipinski definition) is 3. The number of anilines is 1. The van der Waals surface area contributed by atoms with Gasteiger partial charge in [-0.2, -0.15) is 0 Å². The molecule has 1 aromatic rings. The molecule has 1 heterocycles. The van der Waals surface area contributed by atoms with Crippen LogP contribution in [0.1, 0.15) is 43.5 Å². The number of nitrogen functional groups attached to an aromatic ring is 1. The first-order valence-electron chi connectivity index (χ1n) is 7.75. The Hall–Kier alpha value is -1.71. The number of benzene rings is 1. The van der Waals surface area contributed by atoms with Crippen molar-refractivity contribution in [1.82, 2.24) is 4.90 Å². The molecule has 1 aliphatic heterocycles. The van der Waals surface area contributed by atoms with E-state index >= 15 is 0 Å². The average molecular weight is 290 g/mol. The molecule has 2 rings (SSSR count). The van der Waals surface area contributed by atoms with Gasteiger partial charge < -0.3 is 15.4 Å². The minimum Gasteiger partial charge on any atom is -0.495 e. The Morgan fingerprint density at radius 2 is 2.10 bits per heavy atom. The molecule has 1 saturated heterocycles. The number of carbonyl (C=O) groups is 1. The first kappa shape index (κ1) is 15.7. The number of rotatable bonds is 3. The van der Waals surface area contributed by atoms with Crippen LogP contribution in [0, 0.1) is 11.8 Å². The summed E-state index contributed by atoms with van der Waals surface area (Å²) >= 11 is 0. The highest BCUT2D eigenvalue weighted by molar-refractivity contribution is 5.95. The summed E-state index contributed by atoms with van der Waals surface area (Å²) in [5.41, 5.74) is 7.02. The molecule has 2 N–H and O–H groups in total. The SMILES string of the molecule is COc1cc(C(=O)N2CCCC(C(C)C)CC2)ccc1N. The van der Waals surface area contributed by atoms with E-state index in [-0.39, 0.29) is 5.91 Å². The Morgan fingerprint density at radius 1 is 1.33 bits per heavy atom. The van der Waals surface area contributed by atoms with Crippen molar-refractivity contribution in [3.05, 3.63) is 23.8 Å². The fourth-order valence-corrected chi connectivity index (χ4v) is 3.02. The predicted molar refractivity (Wildman–Crippen MR) is 85.5 cm³/mol. The van der Waals surface area contributed by atoms with Gasteiger partial charge in [0.1, 0.15) is 5.75 Å². The van der Waals surface area contributed by atoms with Crippen LogP contribution < -0.4 is 10.5 Å². The summed E-state index contributed by atoms with van der Waals surface area (Å²) < 4.78 is 5.20. The van der Waals surface area contributed by atoms with E-state index in [0.717, 1.165) is 31.8 Å². The van der Waals surface area contributed by atoms with Crippen LogP contribution in [0.15, 0.2) is 18.2 Å². The highest BCUT2D eigenvalue weighted by Crippen LogP contribution is 2.27. The number of ether oxygens (including phenoxy) is 1. The van der Waals surface area contributed by atoms with Gasteiger partial charge in [-0.1, -0.05) is 13.8 Å². The normalized spacial score (nSPS) is 19.4. The van der Waals surface area contributed by atoms with E-state index in [1.54, 1.807) is 25.3 Å². The zero-order chi connectivity index (χ0) is 15.4. The van der Waals surface area contributed by atoms with Gasteiger partial charge in [-0.3, -0.25) is 4.79 Å². The van der Waals surface area contributed by atoms with E-state index in [1.165, 1.54) is 6.42 Å². The topological polar surface area (TPSA) is 55.6 Å². The molecular weight excluding hydrogens is 264 g/mol. The number of methoxy groups -OCH3 is 1. The van der Waals surface area contributed by atoms with Gasteiger partial charge in [0.25, 0.3) is 5.91 Å². The van der Waals surface area contributed by atoms with Crippen molar-refractivity contribution < 1.29 is 9.53 Å². The molecule has 0 radical (unpaired) electrons. The quantitative estimate of drug-likeness (QED) is 0.870. The molecule has 1 fully saturated rings. The highest BCUT2D eigenvalue weighted by atomic mass is 16.5. The smallest absolute Gasteiger partial charge is 0.253 e. The third kappa shape index (κ3) is 3.69. The number of nitrogens with zero attached hydrogens (tertiary/aromatic N) is 1. The summed E-state index contributed by atoms with van der Waals surface area (Å²) in [5, 5.41) is 0. The maximum Gasteiger partial charge on any atom is 0.253 e. The lowest BCUT2D eigenvalue weighted by Crippen LogP contribution is -2.32. The van der Waals surface area contributed by atoms with Gasteiger partial charge in [-0.25, -0.2) is 0 Å². The second-order valence-electron chi connectivity index (χ2n) is 6.18. The molecule has 0 spiro atoms. The van der Waals surface area contributed by atoms with Crippen molar-refractivity contribution in [2.45, 2.75) is 33.1 Å². The molecule has 4 nitrogen and oxygen atoms in total. The van der Waals surface area contributed by atoms with Gasteiger partial charge in [0.15, 0.2) is 0 Å². The molecule has 1 atom stereocenters. The molecule has 1 aromatic carbocycles. The maximum absolute atomic E-state index is 12.6. The largest absolute Gasteiger partial charge is 0.495 e. The third-order valence-electron chi connectivity index (χ3n) is 4.48. The zero-order valence-corrected chi connectivity index (χ0v) is 13.3. The van der Waals surface area contributed by atoms with Crippen molar-refractivity contribution >= 4 is 11.6 Å². The zero-order valence-electron chi connectivity index (χ0n) is 13.3. The molecule has 1 unspecified atom stereocenters. The lowest BCUT2D eigenvalue weighted by atomic mass is 9.89. The molecule has 21 heavy (non-hydrogen) atoms. The van der Waals surface area contributed by atoms with Crippen LogP contribution in [-0.4, -0.2) is 31.0 Å². The molecular formula is C17H26N2O2. The molecule has 0 aromatic heterocycles. The lowest BCUT2D eigenvalue weighted by Gasteiger charge is -2.22. The highest BCUT2D eigenvalue weighted by Gasteiger charge is 2.23. The second-order valence-corrected chi connectivity index (χ2v) is 6.18. The number of likely N-dealkylation sites (tertiary alicyclic amines) is 1. The van der Waals surface area contributed by atoms with E-state index in [0.29, 0.717) is 22.9 Å². The van der Waals surface area contributed by atoms with Crippen LogP contribution in [0.3, 0.4) is 0 Å². The van der Waals surface area contributed by atoms with Gasteiger partial charge in [-0.15, -0.1) is 0 Å². The van der Waals surface area contributed by atoms with Gasteiger partial charge in [-0.05, 0) is 49.3 Å². The number of carbonyl (C=O) groups excluding carboxylic acids is 1. The summed E-state index contributed by atoms with van der Waals surface area (Å²) in [6.45, 7) is 6.23. The van der Waals surface area contributed by atoms with Crippen molar-refractivity contribution in [2.75, 3.05) is 25.9 Å². The minimum absolute atomic E-state index is 0.0812. The van der Waals surface area contributed by atoms with Gasteiger partial charge >= 0.3 is 0 Å². The molecule has 1 aliphatic rings. The standard InChI is InChI=1S/C17H26N2O2/c1-12(2)13-5-4-9-19(10-8-13)17(20)14-6-7-15(18)16(11-14)21-3/h6-7,11-13H,4-5,8-10,18H2,1-3H3. The van der Waals surface area contributed by atoms with Gasteiger partial charge in [0, 0.05) is 18.7 Å². The van der Waals surface area contributed by atoms with Crippen LogP contribution in [0.25, 0.3) is 0 Å². The van der Waals surface area contributed by atoms with Crippen molar-refractivity contribution in [3.63, 3.8) is 0 Å². The van der Waals surface area contributed by atoms with Crippen LogP contribution in [0.4, 0.5) is 5.69 Å². The first-order chi connectivity index (χ1) is 10.0. The molecule has 116 valence electrons. The fourth-order valence-electron chi connectivity index (χ4n) is 3.02. The number of nitrogens with two attached hydrogens (primary N) is 1. The van der Waals surface area contributed by atoms with Crippen molar-refractivity contribution in [1.29, 1.82) is 0 Å². The Kier molecular flexibility index (Phi) is 5.10. The molecule has 0 aliphatic carbocycles. The van der Waals surface area contributed by atoms with E-state index in [1.807, 2.05) is 4.90 Å². The average Bonchev–Trinajstić information content (AvgIpc) is 2.73. The Morgan fingerprint density at radius 3 is 2.76 bits per heavy atom. The second kappa shape index (κ2) is 6.83. The Balaban J connectivity index is 2.09. The Labute approximate surface area is 127 Å². The van der Waals surface area contributed by atoms with Crippen LogP contribution in [-0.2, 0) is 0 Å². The molecule has 0 saturated carbocycles. The van der Waals surface area contributed by atoms with E-state index in [4.69, 9.17) is 10.5 Å². The molecule has 4 heteroatoms. The van der Waals surface area contributed by atoms with Crippen molar-refractivity contribution in [2.24, 2.45) is 11.8 Å². The summed E-state index contributed by atoms with van der Waals surface area (Å²) in [6, 6.07) is 5.26. The first-order valence-corrected chi connectivity index (χ1v) is 7.75. The van der Waals surface area contributed by atoms with Crippen molar-refractivity contribution in [3.8, 4) is 5.75 Å². The van der Waals surface area contributed by atoms with Crippen LogP contribution in [0.5, 0.6) is 5.75 Å². The summed E-state index contributed by atoms with van der Waals surface area (Å²) in [6.07, 6.45) is 3.39. The molecule has 1 amide bonds. The maximum atomic E-state index is 12.6. The minimum atomic E-state index is 0.0812. The van der Waals surface area contributed by atoms with E-state index in [9.17, 15) is 4.79 Å². The van der Waals surface area contributed by atoms with Gasteiger partial charge in [0.2, 0.25) is 0 Å². The predicted octanol–water partition coefficient (Wildman–Crippen LogP) is 3.18. The molecule has 0 bridgehead atoms. The monoisotopic (exact) mass is 290 g/mol. The third-order valence-corrected chi connectivity index (χ3v) is 4.48. The summed E-state index contributed by atoms with van der Waals surface area (Å²) in [5.74, 6) is 2.06.